The lowest BCUT2D eigenvalue weighted by atomic mass is 9.83. The molecule has 0 radical (unpaired) electrons. The summed E-state index contributed by atoms with van der Waals surface area (Å²) in [7, 11) is 4.70. The molecule has 5 atom stereocenters. The summed E-state index contributed by atoms with van der Waals surface area (Å²) in [4.78, 5) is 96.8. The minimum atomic E-state index is -1.15. The molecule has 1 saturated heterocycles. The summed E-state index contributed by atoms with van der Waals surface area (Å²) in [6, 6.07) is 4.02. The van der Waals surface area contributed by atoms with Gasteiger partial charge in [-0.2, -0.15) is 0 Å². The zero-order valence-electron chi connectivity index (χ0n) is 33.3. The Bertz CT molecular complexity index is 1520. The number of hydrogen-bond acceptors (Lipinski definition) is 8. The molecule has 15 heteroatoms. The predicted octanol–water partition coefficient (Wildman–Crippen LogP) is 2.20. The lowest BCUT2D eigenvalue weighted by Crippen LogP contribution is -2.60. The maximum absolute atomic E-state index is 14.3. The normalized spacial score (nSPS) is 19.6. The smallest absolute Gasteiger partial charge is 0.315 e. The molecule has 0 spiro atoms. The van der Waals surface area contributed by atoms with E-state index in [1.54, 1.807) is 51.5 Å². The van der Waals surface area contributed by atoms with E-state index in [4.69, 9.17) is 4.74 Å². The molecule has 3 aliphatic rings. The van der Waals surface area contributed by atoms with Crippen LogP contribution < -0.4 is 26.6 Å². The first-order chi connectivity index (χ1) is 26.1. The third kappa shape index (κ3) is 12.5. The molecule has 1 heterocycles. The Morgan fingerprint density at radius 1 is 0.855 bits per heavy atom. The van der Waals surface area contributed by atoms with Crippen molar-refractivity contribution in [3.05, 3.63) is 35.9 Å². The molecule has 2 aliphatic carbocycles. The molecule has 7 amide bonds. The number of ether oxygens (including phenoxy) is 1. The van der Waals surface area contributed by atoms with Crippen molar-refractivity contribution in [2.45, 2.75) is 115 Å². The molecule has 3 fully saturated rings. The van der Waals surface area contributed by atoms with Gasteiger partial charge in [-0.25, -0.2) is 4.79 Å². The van der Waals surface area contributed by atoms with Crippen molar-refractivity contribution in [3.63, 3.8) is 0 Å². The van der Waals surface area contributed by atoms with E-state index in [1.807, 2.05) is 20.8 Å². The maximum atomic E-state index is 14.3. The van der Waals surface area contributed by atoms with Gasteiger partial charge in [-0.15, -0.1) is 0 Å². The summed E-state index contributed by atoms with van der Waals surface area (Å²) < 4.78 is 5.34. The maximum Gasteiger partial charge on any atom is 0.315 e. The van der Waals surface area contributed by atoms with Crippen molar-refractivity contribution in [2.75, 3.05) is 40.9 Å². The van der Waals surface area contributed by atoms with Crippen molar-refractivity contribution in [1.29, 1.82) is 0 Å². The lowest BCUT2D eigenvalue weighted by molar-refractivity contribution is -0.143. The minimum Gasteiger partial charge on any atom is -0.383 e. The second kappa shape index (κ2) is 19.9. The number of urea groups is 1. The number of benzene rings is 1. The fraction of sp³-hybridized carbons (Fsp3) is 0.675. The van der Waals surface area contributed by atoms with Gasteiger partial charge < -0.3 is 41.1 Å². The van der Waals surface area contributed by atoms with Crippen LogP contribution in [0.1, 0.15) is 96.6 Å². The largest absolute Gasteiger partial charge is 0.383 e. The van der Waals surface area contributed by atoms with E-state index in [9.17, 15) is 33.6 Å². The molecule has 1 aromatic carbocycles. The number of Topliss-reactive ketones (excluding diaryl/α,β-unsaturated/α-hetero) is 1. The van der Waals surface area contributed by atoms with Crippen LogP contribution in [0, 0.1) is 17.3 Å². The Morgan fingerprint density at radius 3 is 2.13 bits per heavy atom. The fourth-order valence-corrected chi connectivity index (χ4v) is 7.34. The quantitative estimate of drug-likeness (QED) is 0.149. The number of amides is 7. The van der Waals surface area contributed by atoms with Gasteiger partial charge in [-0.3, -0.25) is 28.8 Å². The van der Waals surface area contributed by atoms with Gasteiger partial charge >= 0.3 is 6.03 Å². The molecule has 1 aromatic rings. The average Bonchev–Trinajstić information content (AvgIpc) is 3.84. The summed E-state index contributed by atoms with van der Waals surface area (Å²) in [6.45, 7) is 6.03. The van der Waals surface area contributed by atoms with Gasteiger partial charge in [0.15, 0.2) is 0 Å². The Kier molecular flexibility index (Phi) is 15.6. The highest BCUT2D eigenvalue weighted by Gasteiger charge is 2.43. The number of ketones is 1. The van der Waals surface area contributed by atoms with Gasteiger partial charge in [0.1, 0.15) is 18.1 Å². The second-order valence-corrected chi connectivity index (χ2v) is 16.5. The van der Waals surface area contributed by atoms with E-state index in [1.165, 1.54) is 9.80 Å². The first kappa shape index (κ1) is 43.2. The van der Waals surface area contributed by atoms with Crippen LogP contribution in [0.25, 0.3) is 0 Å². The SMILES string of the molecule is COCC(NC(=O)NC(C(=O)N1CCCC1C(=O)NC(CC1CC1)C(=O)C(=O)NCC(=O)NC(C(=O)N(C)C)c1ccccc1)C1CCCCC1)C(C)(C)C. The topological polar surface area (TPSA) is 195 Å². The zero-order valence-corrected chi connectivity index (χ0v) is 33.3. The van der Waals surface area contributed by atoms with E-state index in [2.05, 4.69) is 26.6 Å². The van der Waals surface area contributed by atoms with Crippen molar-refractivity contribution in [1.82, 2.24) is 36.4 Å². The third-order valence-corrected chi connectivity index (χ3v) is 10.9. The molecule has 304 valence electrons. The highest BCUT2D eigenvalue weighted by molar-refractivity contribution is 6.38. The number of methoxy groups -OCH3 is 1. The lowest BCUT2D eigenvalue weighted by Gasteiger charge is -2.36. The number of nitrogens with one attached hydrogen (secondary N) is 5. The minimum absolute atomic E-state index is 0.0964. The van der Waals surface area contributed by atoms with Gasteiger partial charge in [-0.05, 0) is 54.9 Å². The predicted molar refractivity (Wildman–Crippen MR) is 205 cm³/mol. The van der Waals surface area contributed by atoms with Crippen LogP contribution in [0.5, 0.6) is 0 Å². The monoisotopic (exact) mass is 767 g/mol. The molecule has 0 bridgehead atoms. The van der Waals surface area contributed by atoms with Gasteiger partial charge in [0, 0.05) is 27.7 Å². The first-order valence-electron chi connectivity index (χ1n) is 19.6. The summed E-state index contributed by atoms with van der Waals surface area (Å²) >= 11 is 0. The number of likely N-dealkylation sites (tertiary alicyclic amines) is 1. The van der Waals surface area contributed by atoms with Crippen molar-refractivity contribution < 1.29 is 38.3 Å². The molecule has 4 rings (SSSR count). The average molecular weight is 768 g/mol. The van der Waals surface area contributed by atoms with E-state index in [0.717, 1.165) is 44.9 Å². The third-order valence-electron chi connectivity index (χ3n) is 10.9. The summed E-state index contributed by atoms with van der Waals surface area (Å²) in [5.74, 6) is -3.78. The van der Waals surface area contributed by atoms with Crippen LogP contribution in [0.3, 0.4) is 0 Å². The van der Waals surface area contributed by atoms with Crippen LogP contribution in [-0.2, 0) is 33.5 Å². The number of hydrogen-bond donors (Lipinski definition) is 5. The van der Waals surface area contributed by atoms with Crippen LogP contribution in [-0.4, -0.2) is 116 Å². The molecular weight excluding hydrogens is 706 g/mol. The standard InChI is InChI=1S/C40H61N7O8/c1-40(2,3)30(24-55-6)43-39(54)45-33(27-16-11-8-12-17-27)38(53)47-21-13-18-29(47)35(50)42-28(22-25-19-20-25)34(49)36(51)41-23-31(48)44-32(37(52)46(4)5)26-14-9-7-10-15-26/h7,9-10,14-15,25,27-30,32-33H,8,11-13,16-24H2,1-6H3,(H,41,51)(H,42,50)(H,44,48)(H2,43,45,54). The van der Waals surface area contributed by atoms with Crippen LogP contribution in [0.2, 0.25) is 0 Å². The number of rotatable bonds is 17. The second-order valence-electron chi connectivity index (χ2n) is 16.5. The Labute approximate surface area is 324 Å². The molecule has 2 saturated carbocycles. The van der Waals surface area contributed by atoms with E-state index < -0.39 is 60.2 Å². The molecule has 15 nitrogen and oxygen atoms in total. The Morgan fingerprint density at radius 2 is 1.53 bits per heavy atom. The summed E-state index contributed by atoms with van der Waals surface area (Å²) in [5.41, 5.74) is 0.259. The molecule has 55 heavy (non-hydrogen) atoms. The van der Waals surface area contributed by atoms with Gasteiger partial charge in [0.25, 0.3) is 5.91 Å². The van der Waals surface area contributed by atoms with Crippen molar-refractivity contribution in [3.8, 4) is 0 Å². The van der Waals surface area contributed by atoms with Crippen LogP contribution in [0.4, 0.5) is 4.79 Å². The molecule has 0 aromatic heterocycles. The zero-order chi connectivity index (χ0) is 40.3. The fourth-order valence-electron chi connectivity index (χ4n) is 7.34. The highest BCUT2D eigenvalue weighted by atomic mass is 16.5. The Balaban J connectivity index is 1.41. The van der Waals surface area contributed by atoms with Crippen molar-refractivity contribution in [2.24, 2.45) is 17.3 Å². The number of nitrogens with zero attached hydrogens (tertiary/aromatic N) is 2. The van der Waals surface area contributed by atoms with E-state index in [-0.39, 0.29) is 41.5 Å². The Hall–Kier alpha value is -4.53. The molecule has 5 unspecified atom stereocenters. The highest BCUT2D eigenvalue weighted by Crippen LogP contribution is 2.34. The van der Waals surface area contributed by atoms with E-state index in [0.29, 0.717) is 31.6 Å². The van der Waals surface area contributed by atoms with Crippen molar-refractivity contribution >= 4 is 41.4 Å². The molecular formula is C40H61N7O8. The van der Waals surface area contributed by atoms with Crippen LogP contribution in [0.15, 0.2) is 30.3 Å². The summed E-state index contributed by atoms with van der Waals surface area (Å²) in [5, 5.41) is 13.7. The van der Waals surface area contributed by atoms with Gasteiger partial charge in [-0.1, -0.05) is 83.2 Å². The summed E-state index contributed by atoms with van der Waals surface area (Å²) in [6.07, 6.45) is 7.36. The molecule has 1 aliphatic heterocycles. The van der Waals surface area contributed by atoms with Crippen LogP contribution >= 0.6 is 0 Å². The van der Waals surface area contributed by atoms with Gasteiger partial charge in [0.2, 0.25) is 29.4 Å². The van der Waals surface area contributed by atoms with E-state index >= 15 is 0 Å². The number of likely N-dealkylation sites (N-methyl/N-ethyl adjacent to an activating group) is 1. The first-order valence-corrected chi connectivity index (χ1v) is 19.6. The number of carbonyl (C=O) groups is 7. The number of carbonyl (C=O) groups excluding carboxylic acids is 7. The molecule has 5 N–H and O–H groups in total. The van der Waals surface area contributed by atoms with Gasteiger partial charge in [0.05, 0.1) is 25.2 Å².